The number of ether oxygens (including phenoxy) is 1. The molecule has 6 nitrogen and oxygen atoms in total. The van der Waals surface area contributed by atoms with Crippen molar-refractivity contribution in [2.75, 3.05) is 44.6 Å². The monoisotopic (exact) mass is 453 g/mol. The highest BCUT2D eigenvalue weighted by atomic mass is 19.4. The van der Waals surface area contributed by atoms with E-state index in [1.54, 1.807) is 21.9 Å². The van der Waals surface area contributed by atoms with Crippen LogP contribution in [-0.4, -0.2) is 60.9 Å². The zero-order valence-corrected chi connectivity index (χ0v) is 17.2. The van der Waals surface area contributed by atoms with Crippen molar-refractivity contribution in [2.45, 2.75) is 12.6 Å². The number of hydrogen-bond acceptors (Lipinski definition) is 4. The highest BCUT2D eigenvalue weighted by Gasteiger charge is 2.33. The average Bonchev–Trinajstić information content (AvgIpc) is 2.75. The first-order valence-corrected chi connectivity index (χ1v) is 10.1. The fourth-order valence-corrected chi connectivity index (χ4v) is 3.36. The number of hydrogen-bond donors (Lipinski definition) is 1. The Bertz CT molecular complexity index is 944. The van der Waals surface area contributed by atoms with Gasteiger partial charge in [0.05, 0.1) is 30.8 Å². The Morgan fingerprint density at radius 3 is 2.31 bits per heavy atom. The van der Waals surface area contributed by atoms with Crippen LogP contribution in [0.5, 0.6) is 5.75 Å². The van der Waals surface area contributed by atoms with Crippen LogP contribution in [0, 0.1) is 5.82 Å². The number of benzene rings is 2. The number of piperazine rings is 1. The van der Waals surface area contributed by atoms with Crippen LogP contribution in [0.3, 0.4) is 0 Å². The molecule has 1 aliphatic rings. The molecule has 0 saturated carbocycles. The molecule has 0 radical (unpaired) electrons. The summed E-state index contributed by atoms with van der Waals surface area (Å²) in [5.41, 5.74) is -1.19. The molecule has 32 heavy (non-hydrogen) atoms. The lowest BCUT2D eigenvalue weighted by Crippen LogP contribution is -2.50. The van der Waals surface area contributed by atoms with Gasteiger partial charge in [0.25, 0.3) is 0 Å². The third-order valence-electron chi connectivity index (χ3n) is 5.01. The number of anilines is 1. The third-order valence-corrected chi connectivity index (χ3v) is 5.01. The molecule has 3 rings (SSSR count). The predicted molar refractivity (Wildman–Crippen MR) is 110 cm³/mol. The lowest BCUT2D eigenvalue weighted by Gasteiger charge is -2.34. The van der Waals surface area contributed by atoms with E-state index in [0.717, 1.165) is 6.07 Å². The van der Waals surface area contributed by atoms with E-state index in [2.05, 4.69) is 5.32 Å². The zero-order valence-electron chi connectivity index (χ0n) is 17.2. The van der Waals surface area contributed by atoms with Gasteiger partial charge in [-0.15, -0.1) is 0 Å². The quantitative estimate of drug-likeness (QED) is 0.653. The Labute approximate surface area is 182 Å². The van der Waals surface area contributed by atoms with Crippen molar-refractivity contribution >= 4 is 17.5 Å². The average molecular weight is 453 g/mol. The smallest absolute Gasteiger partial charge is 0.418 e. The summed E-state index contributed by atoms with van der Waals surface area (Å²) >= 11 is 0. The second-order valence-electron chi connectivity index (χ2n) is 7.28. The van der Waals surface area contributed by atoms with Gasteiger partial charge in [0.2, 0.25) is 11.8 Å². The van der Waals surface area contributed by atoms with E-state index in [1.165, 1.54) is 30.3 Å². The van der Waals surface area contributed by atoms with Crippen molar-refractivity contribution in [3.8, 4) is 5.75 Å². The molecule has 1 saturated heterocycles. The first-order valence-electron chi connectivity index (χ1n) is 10.1. The van der Waals surface area contributed by atoms with Crippen LogP contribution in [0.1, 0.15) is 12.0 Å². The van der Waals surface area contributed by atoms with Crippen LogP contribution < -0.4 is 10.1 Å². The van der Waals surface area contributed by atoms with Crippen molar-refractivity contribution in [1.29, 1.82) is 0 Å². The van der Waals surface area contributed by atoms with E-state index in [1.807, 2.05) is 0 Å². The van der Waals surface area contributed by atoms with Gasteiger partial charge < -0.3 is 15.0 Å². The minimum atomic E-state index is -4.56. The minimum Gasteiger partial charge on any atom is -0.490 e. The largest absolute Gasteiger partial charge is 0.490 e. The Morgan fingerprint density at radius 2 is 1.62 bits per heavy atom. The first kappa shape index (κ1) is 23.5. The Morgan fingerprint density at radius 1 is 0.969 bits per heavy atom. The Balaban J connectivity index is 1.41. The molecule has 0 aromatic heterocycles. The molecule has 1 aliphatic heterocycles. The van der Waals surface area contributed by atoms with Crippen LogP contribution in [0.4, 0.5) is 23.2 Å². The van der Waals surface area contributed by atoms with E-state index in [0.29, 0.717) is 26.2 Å². The van der Waals surface area contributed by atoms with Crippen LogP contribution in [-0.2, 0) is 15.8 Å². The van der Waals surface area contributed by atoms with Gasteiger partial charge in [-0.3, -0.25) is 14.5 Å². The fourth-order valence-electron chi connectivity index (χ4n) is 3.36. The van der Waals surface area contributed by atoms with E-state index in [9.17, 15) is 27.2 Å². The Hall–Kier alpha value is -3.14. The summed E-state index contributed by atoms with van der Waals surface area (Å²) in [6.45, 7) is 1.55. The van der Waals surface area contributed by atoms with Gasteiger partial charge in [-0.2, -0.15) is 13.2 Å². The summed E-state index contributed by atoms with van der Waals surface area (Å²) < 4.78 is 58.0. The van der Waals surface area contributed by atoms with E-state index in [4.69, 9.17) is 4.74 Å². The van der Waals surface area contributed by atoms with Gasteiger partial charge in [-0.05, 0) is 24.3 Å². The summed E-state index contributed by atoms with van der Waals surface area (Å²) in [5, 5.41) is 2.32. The normalized spacial score (nSPS) is 14.8. The second-order valence-corrected chi connectivity index (χ2v) is 7.28. The summed E-state index contributed by atoms with van der Waals surface area (Å²) in [6.07, 6.45) is -4.48. The van der Waals surface area contributed by atoms with E-state index in [-0.39, 0.29) is 36.9 Å². The number of carbonyl (C=O) groups excluding carboxylic acids is 2. The Kier molecular flexibility index (Phi) is 7.68. The molecule has 2 amide bonds. The van der Waals surface area contributed by atoms with Gasteiger partial charge in [-0.25, -0.2) is 4.39 Å². The predicted octanol–water partition coefficient (Wildman–Crippen LogP) is 3.40. The SMILES string of the molecule is O=C(CN1CCN(C(=O)CCOc2ccccc2F)CC1)Nc1ccccc1C(F)(F)F. The van der Waals surface area contributed by atoms with Crippen LogP contribution in [0.25, 0.3) is 0 Å². The standard InChI is InChI=1S/C22H23F4N3O3/c23-17-6-2-4-8-19(17)32-14-9-21(31)29-12-10-28(11-13-29)15-20(30)27-18-7-3-1-5-16(18)22(24,25)26/h1-8H,9-15H2,(H,27,30). The van der Waals surface area contributed by atoms with Gasteiger partial charge in [-0.1, -0.05) is 24.3 Å². The number of carbonyl (C=O) groups is 2. The maximum Gasteiger partial charge on any atom is 0.418 e. The van der Waals surface area contributed by atoms with Gasteiger partial charge in [0.15, 0.2) is 11.6 Å². The van der Waals surface area contributed by atoms with Crippen molar-refractivity contribution in [1.82, 2.24) is 9.80 Å². The van der Waals surface area contributed by atoms with E-state index < -0.39 is 23.5 Å². The molecule has 1 N–H and O–H groups in total. The lowest BCUT2D eigenvalue weighted by atomic mass is 10.1. The van der Waals surface area contributed by atoms with E-state index >= 15 is 0 Å². The number of nitrogens with zero attached hydrogens (tertiary/aromatic N) is 2. The summed E-state index contributed by atoms with van der Waals surface area (Å²) in [4.78, 5) is 27.9. The molecule has 0 spiro atoms. The van der Waals surface area contributed by atoms with Gasteiger partial charge >= 0.3 is 6.18 Å². The maximum atomic E-state index is 13.5. The highest BCUT2D eigenvalue weighted by Crippen LogP contribution is 2.34. The summed E-state index contributed by atoms with van der Waals surface area (Å²) in [7, 11) is 0. The zero-order chi connectivity index (χ0) is 23.1. The number of nitrogens with one attached hydrogen (secondary N) is 1. The summed E-state index contributed by atoms with van der Waals surface area (Å²) in [6, 6.07) is 10.7. The number of para-hydroxylation sites is 2. The van der Waals surface area contributed by atoms with Crippen molar-refractivity contribution in [3.05, 3.63) is 59.9 Å². The molecule has 0 unspecified atom stereocenters. The van der Waals surface area contributed by atoms with Crippen LogP contribution in [0.15, 0.2) is 48.5 Å². The second kappa shape index (κ2) is 10.4. The molecule has 10 heteroatoms. The van der Waals surface area contributed by atoms with Crippen molar-refractivity contribution in [2.24, 2.45) is 0 Å². The summed E-state index contributed by atoms with van der Waals surface area (Å²) in [5.74, 6) is -1.11. The molecule has 1 fully saturated rings. The number of rotatable bonds is 7. The molecule has 0 atom stereocenters. The van der Waals surface area contributed by atoms with Crippen LogP contribution in [0.2, 0.25) is 0 Å². The van der Waals surface area contributed by atoms with Gasteiger partial charge in [0.1, 0.15) is 0 Å². The minimum absolute atomic E-state index is 0.0427. The molecule has 0 bridgehead atoms. The maximum absolute atomic E-state index is 13.5. The van der Waals surface area contributed by atoms with Gasteiger partial charge in [0, 0.05) is 26.2 Å². The number of amides is 2. The number of halogens is 4. The molecule has 1 heterocycles. The first-order chi connectivity index (χ1) is 15.2. The lowest BCUT2D eigenvalue weighted by molar-refractivity contribution is -0.137. The molecule has 0 aliphatic carbocycles. The van der Waals surface area contributed by atoms with Crippen molar-refractivity contribution < 1.29 is 31.9 Å². The highest BCUT2D eigenvalue weighted by molar-refractivity contribution is 5.93. The van der Waals surface area contributed by atoms with Crippen molar-refractivity contribution in [3.63, 3.8) is 0 Å². The topological polar surface area (TPSA) is 61.9 Å². The molecular formula is C22H23F4N3O3. The molecular weight excluding hydrogens is 430 g/mol. The molecule has 2 aromatic rings. The molecule has 2 aromatic carbocycles. The third kappa shape index (κ3) is 6.43. The molecule has 172 valence electrons. The number of alkyl halides is 3. The fraction of sp³-hybridized carbons (Fsp3) is 0.364. The van der Waals surface area contributed by atoms with Crippen LogP contribution >= 0.6 is 0 Å².